The molecule has 0 saturated carbocycles. The van der Waals surface area contributed by atoms with Crippen molar-refractivity contribution in [2.24, 2.45) is 0 Å². The number of para-hydroxylation sites is 1. The lowest BCUT2D eigenvalue weighted by molar-refractivity contribution is 0.0946. The van der Waals surface area contributed by atoms with E-state index in [2.05, 4.69) is 10.0 Å². The fraction of sp³-hybridized carbons (Fsp3) is 0.188. The molecule has 6 nitrogen and oxygen atoms in total. The van der Waals surface area contributed by atoms with Gasteiger partial charge < -0.3 is 10.1 Å². The number of hydrogen-bond acceptors (Lipinski definition) is 4. The molecular formula is C16H17FN2O4S. The number of carbonyl (C=O) groups excluding carboxylic acids is 1. The SMILES string of the molecule is CNS(=O)(=O)c1ccc(C(=O)NCCOc2ccccc2F)cc1. The number of nitrogens with one attached hydrogen (secondary N) is 2. The van der Waals surface area contributed by atoms with E-state index in [1.165, 1.54) is 43.4 Å². The van der Waals surface area contributed by atoms with Crippen molar-refractivity contribution in [3.63, 3.8) is 0 Å². The highest BCUT2D eigenvalue weighted by atomic mass is 32.2. The van der Waals surface area contributed by atoms with Crippen LogP contribution in [0, 0.1) is 5.82 Å². The summed E-state index contributed by atoms with van der Waals surface area (Å²) in [6.45, 7) is 0.294. The fourth-order valence-corrected chi connectivity index (χ4v) is 2.62. The number of ether oxygens (including phenoxy) is 1. The van der Waals surface area contributed by atoms with Crippen LogP contribution in [0.2, 0.25) is 0 Å². The lowest BCUT2D eigenvalue weighted by atomic mass is 10.2. The van der Waals surface area contributed by atoms with Crippen LogP contribution < -0.4 is 14.8 Å². The van der Waals surface area contributed by atoms with E-state index in [0.29, 0.717) is 5.56 Å². The Morgan fingerprint density at radius 1 is 1.12 bits per heavy atom. The molecule has 2 N–H and O–H groups in total. The Kier molecular flexibility index (Phi) is 5.88. The van der Waals surface area contributed by atoms with E-state index < -0.39 is 15.8 Å². The summed E-state index contributed by atoms with van der Waals surface area (Å²) in [7, 11) is -2.22. The van der Waals surface area contributed by atoms with Crippen molar-refractivity contribution in [1.29, 1.82) is 0 Å². The monoisotopic (exact) mass is 352 g/mol. The average molecular weight is 352 g/mol. The van der Waals surface area contributed by atoms with Crippen molar-refractivity contribution in [3.05, 3.63) is 59.9 Å². The first-order valence-corrected chi connectivity index (χ1v) is 8.61. The van der Waals surface area contributed by atoms with Crippen molar-refractivity contribution < 1.29 is 22.3 Å². The molecule has 0 unspecified atom stereocenters. The van der Waals surface area contributed by atoms with Gasteiger partial charge in [0.15, 0.2) is 11.6 Å². The smallest absolute Gasteiger partial charge is 0.251 e. The van der Waals surface area contributed by atoms with E-state index >= 15 is 0 Å². The van der Waals surface area contributed by atoms with Gasteiger partial charge >= 0.3 is 0 Å². The predicted molar refractivity (Wildman–Crippen MR) is 86.9 cm³/mol. The molecule has 128 valence electrons. The minimum absolute atomic E-state index is 0.0736. The molecule has 0 aliphatic carbocycles. The molecule has 0 spiro atoms. The zero-order valence-electron chi connectivity index (χ0n) is 13.0. The highest BCUT2D eigenvalue weighted by Crippen LogP contribution is 2.14. The maximum Gasteiger partial charge on any atom is 0.251 e. The number of amides is 1. The van der Waals surface area contributed by atoms with Gasteiger partial charge in [-0.3, -0.25) is 4.79 Å². The van der Waals surface area contributed by atoms with Crippen molar-refractivity contribution in [2.45, 2.75) is 4.90 Å². The molecule has 8 heteroatoms. The third-order valence-electron chi connectivity index (χ3n) is 3.18. The van der Waals surface area contributed by atoms with Crippen LogP contribution in [0.15, 0.2) is 53.4 Å². The Morgan fingerprint density at radius 3 is 2.42 bits per heavy atom. The van der Waals surface area contributed by atoms with Gasteiger partial charge in [0.25, 0.3) is 5.91 Å². The molecule has 0 bridgehead atoms. The summed E-state index contributed by atoms with van der Waals surface area (Å²) < 4.78 is 43.9. The first kappa shape index (κ1) is 17.9. The lowest BCUT2D eigenvalue weighted by Gasteiger charge is -2.09. The Labute approximate surface area is 139 Å². The number of halogens is 1. The second-order valence-electron chi connectivity index (χ2n) is 4.77. The van der Waals surface area contributed by atoms with Gasteiger partial charge in [0, 0.05) is 5.56 Å². The Morgan fingerprint density at radius 2 is 1.79 bits per heavy atom. The van der Waals surface area contributed by atoms with Crippen LogP contribution in [0.3, 0.4) is 0 Å². The molecule has 2 rings (SSSR count). The van der Waals surface area contributed by atoms with E-state index in [1.807, 2.05) is 0 Å². The first-order chi connectivity index (χ1) is 11.4. The quantitative estimate of drug-likeness (QED) is 0.741. The predicted octanol–water partition coefficient (Wildman–Crippen LogP) is 1.54. The molecule has 0 atom stereocenters. The highest BCUT2D eigenvalue weighted by Gasteiger charge is 2.12. The molecule has 2 aromatic carbocycles. The molecule has 0 radical (unpaired) electrons. The van der Waals surface area contributed by atoms with Crippen LogP contribution in [0.5, 0.6) is 5.75 Å². The van der Waals surface area contributed by atoms with E-state index in [4.69, 9.17) is 4.74 Å². The van der Waals surface area contributed by atoms with E-state index in [0.717, 1.165) is 0 Å². The largest absolute Gasteiger partial charge is 0.489 e. The molecule has 0 saturated heterocycles. The van der Waals surface area contributed by atoms with Crippen LogP contribution in [0.1, 0.15) is 10.4 Å². The van der Waals surface area contributed by atoms with Crippen LogP contribution in [0.25, 0.3) is 0 Å². The summed E-state index contributed by atoms with van der Waals surface area (Å²) >= 11 is 0. The van der Waals surface area contributed by atoms with Gasteiger partial charge in [-0.25, -0.2) is 17.5 Å². The highest BCUT2D eigenvalue weighted by molar-refractivity contribution is 7.89. The molecule has 0 heterocycles. The van der Waals surface area contributed by atoms with Crippen LogP contribution in [0.4, 0.5) is 4.39 Å². The van der Waals surface area contributed by atoms with Gasteiger partial charge in [-0.15, -0.1) is 0 Å². The summed E-state index contributed by atoms with van der Waals surface area (Å²) in [5.41, 5.74) is 0.316. The van der Waals surface area contributed by atoms with Crippen molar-refractivity contribution >= 4 is 15.9 Å². The summed E-state index contributed by atoms with van der Waals surface area (Å²) in [6.07, 6.45) is 0. The van der Waals surface area contributed by atoms with E-state index in [9.17, 15) is 17.6 Å². The van der Waals surface area contributed by atoms with Gasteiger partial charge in [0.1, 0.15) is 6.61 Å². The minimum Gasteiger partial charge on any atom is -0.489 e. The maximum atomic E-state index is 13.3. The average Bonchev–Trinajstić information content (AvgIpc) is 2.60. The molecule has 0 fully saturated rings. The Bertz CT molecular complexity index is 807. The van der Waals surface area contributed by atoms with Crippen LogP contribution in [-0.4, -0.2) is 34.5 Å². The van der Waals surface area contributed by atoms with Gasteiger partial charge in [0.05, 0.1) is 11.4 Å². The van der Waals surface area contributed by atoms with Gasteiger partial charge in [-0.2, -0.15) is 0 Å². The van der Waals surface area contributed by atoms with Crippen molar-refractivity contribution in [3.8, 4) is 5.75 Å². The number of rotatable bonds is 7. The number of carbonyl (C=O) groups is 1. The summed E-state index contributed by atoms with van der Waals surface area (Å²) in [4.78, 5) is 12.0. The zero-order chi connectivity index (χ0) is 17.6. The summed E-state index contributed by atoms with van der Waals surface area (Å²) in [5, 5.41) is 2.61. The Hall–Kier alpha value is -2.45. The first-order valence-electron chi connectivity index (χ1n) is 7.13. The lowest BCUT2D eigenvalue weighted by Crippen LogP contribution is -2.28. The van der Waals surface area contributed by atoms with Gasteiger partial charge in [-0.05, 0) is 43.4 Å². The summed E-state index contributed by atoms with van der Waals surface area (Å²) in [5.74, 6) is -0.723. The zero-order valence-corrected chi connectivity index (χ0v) is 13.8. The fourth-order valence-electron chi connectivity index (χ4n) is 1.89. The Balaban J connectivity index is 1.86. The van der Waals surface area contributed by atoms with E-state index in [1.54, 1.807) is 12.1 Å². The van der Waals surface area contributed by atoms with E-state index in [-0.39, 0.29) is 29.7 Å². The molecule has 0 aliphatic rings. The summed E-state index contributed by atoms with van der Waals surface area (Å²) in [6, 6.07) is 11.5. The van der Waals surface area contributed by atoms with Gasteiger partial charge in [-0.1, -0.05) is 12.1 Å². The van der Waals surface area contributed by atoms with Crippen LogP contribution in [-0.2, 0) is 10.0 Å². The molecule has 1 amide bonds. The molecule has 24 heavy (non-hydrogen) atoms. The maximum absolute atomic E-state index is 13.3. The third-order valence-corrected chi connectivity index (χ3v) is 4.61. The molecular weight excluding hydrogens is 335 g/mol. The second-order valence-corrected chi connectivity index (χ2v) is 6.65. The number of benzene rings is 2. The minimum atomic E-state index is -3.53. The standard InChI is InChI=1S/C16H17FN2O4S/c1-18-24(21,22)13-8-6-12(7-9-13)16(20)19-10-11-23-15-5-3-2-4-14(15)17/h2-9,18H,10-11H2,1H3,(H,19,20). The van der Waals surface area contributed by atoms with Gasteiger partial charge in [0.2, 0.25) is 10.0 Å². The molecule has 0 aliphatic heterocycles. The van der Waals surface area contributed by atoms with Crippen molar-refractivity contribution in [1.82, 2.24) is 10.0 Å². The molecule has 0 aromatic heterocycles. The number of sulfonamides is 1. The molecule has 2 aromatic rings. The normalized spacial score (nSPS) is 11.1. The second kappa shape index (κ2) is 7.89. The van der Waals surface area contributed by atoms with Crippen molar-refractivity contribution in [2.75, 3.05) is 20.2 Å². The number of hydrogen-bond donors (Lipinski definition) is 2. The third kappa shape index (κ3) is 4.53. The topological polar surface area (TPSA) is 84.5 Å². The van der Waals surface area contributed by atoms with Crippen LogP contribution >= 0.6 is 0 Å².